The summed E-state index contributed by atoms with van der Waals surface area (Å²) in [6, 6.07) is 0. The van der Waals surface area contributed by atoms with Crippen LogP contribution in [0.4, 0.5) is 11.5 Å². The fraction of sp³-hybridized carbons (Fsp3) is 0.462. The fourth-order valence-electron chi connectivity index (χ4n) is 2.13. The molecule has 8 nitrogen and oxygen atoms in total. The summed E-state index contributed by atoms with van der Waals surface area (Å²) in [5, 5.41) is 9.76. The van der Waals surface area contributed by atoms with Gasteiger partial charge >= 0.3 is 5.69 Å². The number of anilines is 2. The van der Waals surface area contributed by atoms with E-state index in [1.807, 2.05) is 13.8 Å². The number of aryl methyl sites for hydroxylation is 1. The number of H-pyrrole nitrogens is 1. The van der Waals surface area contributed by atoms with Crippen molar-refractivity contribution in [3.63, 3.8) is 0 Å². The van der Waals surface area contributed by atoms with Gasteiger partial charge in [-0.3, -0.25) is 19.0 Å². The highest BCUT2D eigenvalue weighted by molar-refractivity contribution is 5.60. The molecule has 0 saturated carbocycles. The molecule has 0 saturated heterocycles. The molecule has 0 radical (unpaired) electrons. The Bertz CT molecular complexity index is 755. The number of hydrogen-bond donors (Lipinski definition) is 3. The molecule has 8 heteroatoms. The maximum Gasteiger partial charge on any atom is 0.332 e. The highest BCUT2D eigenvalue weighted by Crippen LogP contribution is 2.13. The summed E-state index contributed by atoms with van der Waals surface area (Å²) in [7, 11) is 1.45. The highest BCUT2D eigenvalue weighted by Gasteiger charge is 2.15. The number of nitrogens with one attached hydrogen (secondary N) is 2. The van der Waals surface area contributed by atoms with Crippen LogP contribution in [0.25, 0.3) is 0 Å². The number of hydrogen-bond acceptors (Lipinski definition) is 5. The molecule has 21 heavy (non-hydrogen) atoms. The normalized spacial score (nSPS) is 10.8. The van der Waals surface area contributed by atoms with Gasteiger partial charge in [0.2, 0.25) is 0 Å². The Morgan fingerprint density at radius 2 is 2.14 bits per heavy atom. The standard InChI is InChI=1S/C13H20N6O2/c1-4-5-19-11(14)10(12(20)18(3)13(19)21)15-6-9-7-16-17-8(9)2/h7,15H,4-6,14H2,1-3H3,(H,16,17). The molecular weight excluding hydrogens is 272 g/mol. The summed E-state index contributed by atoms with van der Waals surface area (Å²) in [6.07, 6.45) is 2.44. The minimum absolute atomic E-state index is 0.172. The van der Waals surface area contributed by atoms with Gasteiger partial charge < -0.3 is 11.1 Å². The average Bonchev–Trinajstić information content (AvgIpc) is 2.87. The highest BCUT2D eigenvalue weighted by atomic mass is 16.2. The van der Waals surface area contributed by atoms with Crippen LogP contribution in [-0.2, 0) is 20.1 Å². The van der Waals surface area contributed by atoms with Crippen molar-refractivity contribution in [2.24, 2.45) is 7.05 Å². The predicted molar refractivity (Wildman–Crippen MR) is 81.3 cm³/mol. The number of aromatic amines is 1. The van der Waals surface area contributed by atoms with Crippen LogP contribution in [0.2, 0.25) is 0 Å². The lowest BCUT2D eigenvalue weighted by Crippen LogP contribution is -2.40. The van der Waals surface area contributed by atoms with Gasteiger partial charge in [-0.1, -0.05) is 6.92 Å². The Balaban J connectivity index is 2.41. The van der Waals surface area contributed by atoms with Crippen LogP contribution in [0.3, 0.4) is 0 Å². The van der Waals surface area contributed by atoms with Crippen molar-refractivity contribution in [3.05, 3.63) is 38.3 Å². The van der Waals surface area contributed by atoms with Crippen molar-refractivity contribution in [1.82, 2.24) is 19.3 Å². The maximum absolute atomic E-state index is 12.2. The van der Waals surface area contributed by atoms with Crippen LogP contribution in [0.15, 0.2) is 15.8 Å². The van der Waals surface area contributed by atoms with Crippen LogP contribution >= 0.6 is 0 Å². The van der Waals surface area contributed by atoms with E-state index in [0.29, 0.717) is 13.1 Å². The molecule has 0 atom stereocenters. The van der Waals surface area contributed by atoms with Gasteiger partial charge in [0.15, 0.2) is 0 Å². The van der Waals surface area contributed by atoms with E-state index in [1.165, 1.54) is 11.6 Å². The van der Waals surface area contributed by atoms with Gasteiger partial charge in [-0.15, -0.1) is 0 Å². The molecule has 114 valence electrons. The van der Waals surface area contributed by atoms with E-state index in [1.54, 1.807) is 6.20 Å². The lowest BCUT2D eigenvalue weighted by Gasteiger charge is -2.15. The van der Waals surface area contributed by atoms with Gasteiger partial charge in [0, 0.05) is 31.4 Å². The average molecular weight is 292 g/mol. The first kappa shape index (κ1) is 14.9. The largest absolute Gasteiger partial charge is 0.383 e. The summed E-state index contributed by atoms with van der Waals surface area (Å²) in [5.74, 6) is 0.172. The Labute approximate surface area is 121 Å². The SMILES string of the molecule is CCCn1c(N)c(NCc2cn[nH]c2C)c(=O)n(C)c1=O. The lowest BCUT2D eigenvalue weighted by molar-refractivity contribution is 0.600. The third kappa shape index (κ3) is 2.69. The molecule has 0 fully saturated rings. The zero-order valence-electron chi connectivity index (χ0n) is 12.4. The van der Waals surface area contributed by atoms with Gasteiger partial charge in [-0.05, 0) is 13.3 Å². The molecule has 2 heterocycles. The molecule has 2 rings (SSSR count). The Morgan fingerprint density at radius 3 is 2.71 bits per heavy atom. The molecule has 0 aliphatic heterocycles. The lowest BCUT2D eigenvalue weighted by atomic mass is 10.2. The van der Waals surface area contributed by atoms with Crippen LogP contribution in [0, 0.1) is 6.92 Å². The molecule has 0 amide bonds. The number of aromatic nitrogens is 4. The molecule has 0 unspecified atom stereocenters. The number of nitrogens with two attached hydrogens (primary N) is 1. The van der Waals surface area contributed by atoms with E-state index < -0.39 is 11.2 Å². The van der Waals surface area contributed by atoms with Crippen LogP contribution in [-0.4, -0.2) is 19.3 Å². The Hall–Kier alpha value is -2.51. The minimum Gasteiger partial charge on any atom is -0.383 e. The van der Waals surface area contributed by atoms with E-state index >= 15 is 0 Å². The number of nitrogen functional groups attached to an aromatic ring is 1. The van der Waals surface area contributed by atoms with Crippen LogP contribution in [0.1, 0.15) is 24.6 Å². The first-order valence-electron chi connectivity index (χ1n) is 6.79. The molecule has 0 bridgehead atoms. The smallest absolute Gasteiger partial charge is 0.332 e. The Morgan fingerprint density at radius 1 is 1.43 bits per heavy atom. The second-order valence-corrected chi connectivity index (χ2v) is 4.93. The van der Waals surface area contributed by atoms with E-state index in [9.17, 15) is 9.59 Å². The predicted octanol–water partition coefficient (Wildman–Crippen LogP) is 0.183. The third-order valence-corrected chi connectivity index (χ3v) is 3.42. The van der Waals surface area contributed by atoms with E-state index in [2.05, 4.69) is 15.5 Å². The van der Waals surface area contributed by atoms with Crippen molar-refractivity contribution in [2.75, 3.05) is 11.1 Å². The molecule has 0 aromatic carbocycles. The zero-order valence-corrected chi connectivity index (χ0v) is 12.4. The van der Waals surface area contributed by atoms with E-state index in [-0.39, 0.29) is 11.5 Å². The summed E-state index contributed by atoms with van der Waals surface area (Å²) in [6.45, 7) is 4.71. The molecule has 4 N–H and O–H groups in total. The summed E-state index contributed by atoms with van der Waals surface area (Å²) in [4.78, 5) is 24.2. The molecule has 0 spiro atoms. The first-order chi connectivity index (χ1) is 9.97. The maximum atomic E-state index is 12.2. The van der Waals surface area contributed by atoms with E-state index in [4.69, 9.17) is 5.73 Å². The van der Waals surface area contributed by atoms with Gasteiger partial charge in [0.25, 0.3) is 5.56 Å². The zero-order chi connectivity index (χ0) is 15.6. The van der Waals surface area contributed by atoms with Gasteiger partial charge in [0.1, 0.15) is 11.5 Å². The molecule has 2 aromatic rings. The first-order valence-corrected chi connectivity index (χ1v) is 6.79. The molecule has 2 aromatic heterocycles. The van der Waals surface area contributed by atoms with Crippen molar-refractivity contribution in [2.45, 2.75) is 33.4 Å². The summed E-state index contributed by atoms with van der Waals surface area (Å²) < 4.78 is 2.47. The fourth-order valence-corrected chi connectivity index (χ4v) is 2.13. The van der Waals surface area contributed by atoms with Gasteiger partial charge in [-0.2, -0.15) is 5.10 Å². The quantitative estimate of drug-likeness (QED) is 0.728. The van der Waals surface area contributed by atoms with Gasteiger partial charge in [0.05, 0.1) is 6.20 Å². The second-order valence-electron chi connectivity index (χ2n) is 4.93. The van der Waals surface area contributed by atoms with E-state index in [0.717, 1.165) is 22.2 Å². The van der Waals surface area contributed by atoms with Gasteiger partial charge in [-0.25, -0.2) is 4.79 Å². The second kappa shape index (κ2) is 5.86. The van der Waals surface area contributed by atoms with Crippen molar-refractivity contribution in [1.29, 1.82) is 0 Å². The summed E-state index contributed by atoms with van der Waals surface area (Å²) in [5.41, 5.74) is 7.25. The third-order valence-electron chi connectivity index (χ3n) is 3.42. The number of nitrogens with zero attached hydrogens (tertiary/aromatic N) is 3. The topological polar surface area (TPSA) is 111 Å². The molecular formula is C13H20N6O2. The van der Waals surface area contributed by atoms with Crippen molar-refractivity contribution >= 4 is 11.5 Å². The van der Waals surface area contributed by atoms with Crippen LogP contribution < -0.4 is 22.3 Å². The number of rotatable bonds is 5. The molecule has 0 aliphatic carbocycles. The monoisotopic (exact) mass is 292 g/mol. The van der Waals surface area contributed by atoms with Crippen molar-refractivity contribution in [3.8, 4) is 0 Å². The minimum atomic E-state index is -0.425. The van der Waals surface area contributed by atoms with Crippen LogP contribution in [0.5, 0.6) is 0 Å². The summed E-state index contributed by atoms with van der Waals surface area (Å²) >= 11 is 0. The van der Waals surface area contributed by atoms with Crippen molar-refractivity contribution < 1.29 is 0 Å². The Kier molecular flexibility index (Phi) is 4.15. The molecule has 0 aliphatic rings.